The van der Waals surface area contributed by atoms with Crippen molar-refractivity contribution in [3.8, 4) is 0 Å². The zero-order valence-electron chi connectivity index (χ0n) is 9.36. The zero-order chi connectivity index (χ0) is 12.8. The highest BCUT2D eigenvalue weighted by Gasteiger charge is 2.48. The number of amides is 1. The van der Waals surface area contributed by atoms with Crippen molar-refractivity contribution in [3.05, 3.63) is 11.3 Å². The van der Waals surface area contributed by atoms with Crippen molar-refractivity contribution in [2.24, 2.45) is 5.92 Å². The summed E-state index contributed by atoms with van der Waals surface area (Å²) in [4.78, 5) is 11.3. The highest BCUT2D eigenvalue weighted by Crippen LogP contribution is 2.44. The van der Waals surface area contributed by atoms with E-state index in [0.717, 1.165) is 0 Å². The Hall–Kier alpha value is -1.20. The second kappa shape index (κ2) is 3.65. The molecule has 0 saturated heterocycles. The van der Waals surface area contributed by atoms with E-state index in [9.17, 15) is 23.1 Å². The van der Waals surface area contributed by atoms with Gasteiger partial charge in [0.15, 0.2) is 0 Å². The van der Waals surface area contributed by atoms with Gasteiger partial charge in [0.25, 0.3) is 0 Å². The minimum atomic E-state index is -4.20. The van der Waals surface area contributed by atoms with E-state index >= 15 is 0 Å². The van der Waals surface area contributed by atoms with E-state index in [1.165, 1.54) is 6.92 Å². The minimum Gasteiger partial charge on any atom is -0.874 e. The summed E-state index contributed by atoms with van der Waals surface area (Å²) in [6.45, 7) is 1.42. The third-order valence-electron chi connectivity index (χ3n) is 3.77. The molecule has 1 amide bonds. The highest BCUT2D eigenvalue weighted by molar-refractivity contribution is 5.97. The van der Waals surface area contributed by atoms with Crippen LogP contribution in [0.25, 0.3) is 0 Å². The van der Waals surface area contributed by atoms with Gasteiger partial charge in [-0.2, -0.15) is 13.2 Å². The predicted molar refractivity (Wildman–Crippen MR) is 51.6 cm³/mol. The van der Waals surface area contributed by atoms with Gasteiger partial charge in [0.2, 0.25) is 5.91 Å². The molecule has 0 bridgehead atoms. The van der Waals surface area contributed by atoms with Crippen LogP contribution in [0.2, 0.25) is 0 Å². The summed E-state index contributed by atoms with van der Waals surface area (Å²) in [5, 5.41) is 14.4. The fourth-order valence-electron chi connectivity index (χ4n) is 2.62. The maximum Gasteiger partial charge on any atom is 0.391 e. The average molecular weight is 248 g/mol. The molecular formula is C11H13F3NO2-. The average Bonchev–Trinajstić information content (AvgIpc) is 2.43. The Morgan fingerprint density at radius 1 is 1.35 bits per heavy atom. The van der Waals surface area contributed by atoms with Crippen molar-refractivity contribution < 1.29 is 23.1 Å². The number of nitrogens with one attached hydrogen (secondary N) is 1. The molecule has 6 heteroatoms. The first-order chi connectivity index (χ1) is 7.76. The second-order valence-electron chi connectivity index (χ2n) is 4.81. The van der Waals surface area contributed by atoms with E-state index in [4.69, 9.17) is 0 Å². The van der Waals surface area contributed by atoms with Crippen molar-refractivity contribution in [1.29, 1.82) is 0 Å². The summed E-state index contributed by atoms with van der Waals surface area (Å²) in [6.07, 6.45) is -4.23. The van der Waals surface area contributed by atoms with Crippen molar-refractivity contribution in [1.82, 2.24) is 5.32 Å². The van der Waals surface area contributed by atoms with Crippen LogP contribution in [0.4, 0.5) is 13.2 Å². The van der Waals surface area contributed by atoms with E-state index in [-0.39, 0.29) is 37.0 Å². The summed E-state index contributed by atoms with van der Waals surface area (Å²) < 4.78 is 37.5. The Balaban J connectivity index is 2.12. The molecule has 1 aliphatic heterocycles. The monoisotopic (exact) mass is 248 g/mol. The molecule has 1 saturated carbocycles. The number of halogens is 3. The summed E-state index contributed by atoms with van der Waals surface area (Å²) in [5.41, 5.74) is -0.946. The molecule has 0 aromatic carbocycles. The molecule has 0 radical (unpaired) electrons. The molecular weight excluding hydrogens is 235 g/mol. The van der Waals surface area contributed by atoms with Crippen LogP contribution >= 0.6 is 0 Å². The van der Waals surface area contributed by atoms with Gasteiger partial charge >= 0.3 is 6.18 Å². The molecule has 1 N–H and O–H groups in total. The lowest BCUT2D eigenvalue weighted by Gasteiger charge is -2.42. The van der Waals surface area contributed by atoms with Crippen LogP contribution in [0.1, 0.15) is 32.6 Å². The van der Waals surface area contributed by atoms with Gasteiger partial charge in [-0.25, -0.2) is 0 Å². The lowest BCUT2D eigenvalue weighted by atomic mass is 9.75. The van der Waals surface area contributed by atoms with Crippen LogP contribution in [-0.2, 0) is 4.79 Å². The fourth-order valence-corrected chi connectivity index (χ4v) is 2.62. The van der Waals surface area contributed by atoms with Gasteiger partial charge in [-0.15, -0.1) is 0 Å². The topological polar surface area (TPSA) is 52.2 Å². The highest BCUT2D eigenvalue weighted by atomic mass is 19.4. The van der Waals surface area contributed by atoms with Crippen molar-refractivity contribution in [3.63, 3.8) is 0 Å². The van der Waals surface area contributed by atoms with Crippen LogP contribution in [0.5, 0.6) is 0 Å². The molecule has 0 aromatic rings. The quantitative estimate of drug-likeness (QED) is 0.701. The molecule has 1 heterocycles. The van der Waals surface area contributed by atoms with Gasteiger partial charge in [0.05, 0.1) is 11.5 Å². The number of carbonyl (C=O) groups excluding carboxylic acids is 1. The molecule has 2 aliphatic rings. The lowest BCUT2D eigenvalue weighted by Crippen LogP contribution is -2.51. The zero-order valence-corrected chi connectivity index (χ0v) is 9.36. The third-order valence-corrected chi connectivity index (χ3v) is 3.77. The van der Waals surface area contributed by atoms with E-state index in [1.807, 2.05) is 0 Å². The number of alkyl halides is 3. The minimum absolute atomic E-state index is 0.0824. The Labute approximate surface area is 96.7 Å². The molecule has 0 unspecified atom stereocenters. The van der Waals surface area contributed by atoms with Crippen molar-refractivity contribution in [2.45, 2.75) is 44.3 Å². The lowest BCUT2D eigenvalue weighted by molar-refractivity contribution is -0.321. The Kier molecular flexibility index (Phi) is 2.63. The Morgan fingerprint density at radius 3 is 2.24 bits per heavy atom. The summed E-state index contributed by atoms with van der Waals surface area (Å²) in [6, 6.07) is 0. The van der Waals surface area contributed by atoms with Crippen LogP contribution < -0.4 is 10.4 Å². The molecule has 2 rings (SSSR count). The van der Waals surface area contributed by atoms with Gasteiger partial charge in [-0.3, -0.25) is 4.79 Å². The summed E-state index contributed by atoms with van der Waals surface area (Å²) in [5.74, 6) is -2.12. The van der Waals surface area contributed by atoms with E-state index in [0.29, 0.717) is 0 Å². The second-order valence-corrected chi connectivity index (χ2v) is 4.81. The standard InChI is InChI=1S/C11H14F3NO2/c1-6-8(16)10(15-9(6)17)4-2-7(3-5-10)11(12,13)14/h7,16H,2-5H2,1H3,(H,15,17)/p-1. The first-order valence-corrected chi connectivity index (χ1v) is 5.54. The van der Waals surface area contributed by atoms with Crippen LogP contribution in [0.3, 0.4) is 0 Å². The smallest absolute Gasteiger partial charge is 0.391 e. The Bertz CT molecular complexity index is 379. The van der Waals surface area contributed by atoms with Gasteiger partial charge in [-0.1, -0.05) is 5.76 Å². The summed E-state index contributed by atoms with van der Waals surface area (Å²) in [7, 11) is 0. The van der Waals surface area contributed by atoms with Gasteiger partial charge in [0.1, 0.15) is 0 Å². The number of rotatable bonds is 0. The van der Waals surface area contributed by atoms with Gasteiger partial charge in [0, 0.05) is 5.57 Å². The molecule has 1 aliphatic carbocycles. The van der Waals surface area contributed by atoms with Crippen molar-refractivity contribution >= 4 is 5.91 Å². The number of hydrogen-bond donors (Lipinski definition) is 1. The molecule has 3 nitrogen and oxygen atoms in total. The van der Waals surface area contributed by atoms with Crippen molar-refractivity contribution in [2.75, 3.05) is 0 Å². The molecule has 0 atom stereocenters. The van der Waals surface area contributed by atoms with Crippen LogP contribution in [-0.4, -0.2) is 17.6 Å². The van der Waals surface area contributed by atoms with E-state index in [1.54, 1.807) is 0 Å². The summed E-state index contributed by atoms with van der Waals surface area (Å²) >= 11 is 0. The number of carbonyl (C=O) groups is 1. The van der Waals surface area contributed by atoms with E-state index in [2.05, 4.69) is 5.32 Å². The van der Waals surface area contributed by atoms with E-state index < -0.39 is 23.5 Å². The molecule has 17 heavy (non-hydrogen) atoms. The number of hydrogen-bond acceptors (Lipinski definition) is 2. The Morgan fingerprint density at radius 2 is 1.88 bits per heavy atom. The molecule has 0 aromatic heterocycles. The maximum atomic E-state index is 12.5. The first kappa shape index (κ1) is 12.3. The maximum absolute atomic E-state index is 12.5. The largest absolute Gasteiger partial charge is 0.874 e. The molecule has 1 fully saturated rings. The van der Waals surface area contributed by atoms with Crippen LogP contribution in [0.15, 0.2) is 11.3 Å². The SMILES string of the molecule is CC1=C([O-])C2(CCC(C(F)(F)F)CC2)NC1=O. The van der Waals surface area contributed by atoms with Gasteiger partial charge < -0.3 is 10.4 Å². The molecule has 1 spiro atoms. The third kappa shape index (κ3) is 1.89. The van der Waals surface area contributed by atoms with Gasteiger partial charge in [-0.05, 0) is 32.6 Å². The molecule has 96 valence electrons. The first-order valence-electron chi connectivity index (χ1n) is 5.54. The van der Waals surface area contributed by atoms with Crippen LogP contribution in [0, 0.1) is 5.92 Å². The fraction of sp³-hybridized carbons (Fsp3) is 0.727. The predicted octanol–water partition coefficient (Wildman–Crippen LogP) is 1.24. The normalized spacial score (nSPS) is 34.4.